The summed E-state index contributed by atoms with van der Waals surface area (Å²) in [5.74, 6) is 1.70. The van der Waals surface area contributed by atoms with Gasteiger partial charge in [0.1, 0.15) is 0 Å². The highest BCUT2D eigenvalue weighted by Gasteiger charge is 2.43. The molecule has 2 aliphatic rings. The molecule has 18 heavy (non-hydrogen) atoms. The average molecular weight is 252 g/mol. The molecule has 2 nitrogen and oxygen atoms in total. The molecule has 0 aromatic carbocycles. The maximum absolute atomic E-state index is 6.22. The molecule has 2 N–H and O–H groups in total. The van der Waals surface area contributed by atoms with Crippen molar-refractivity contribution in [3.63, 3.8) is 0 Å². The standard InChI is InChI=1S/C16H32N2/c1-13-7-9-15(10-8-13)18(3)16(12-17)11-5-4-6-14(16)2/h13-15H,4-12,17H2,1-3H3. The van der Waals surface area contributed by atoms with Crippen molar-refractivity contribution >= 4 is 0 Å². The minimum Gasteiger partial charge on any atom is -0.329 e. The summed E-state index contributed by atoms with van der Waals surface area (Å²) >= 11 is 0. The fourth-order valence-electron chi connectivity index (χ4n) is 4.36. The summed E-state index contributed by atoms with van der Waals surface area (Å²) in [5, 5.41) is 0. The van der Waals surface area contributed by atoms with Crippen molar-refractivity contribution in [1.82, 2.24) is 4.90 Å². The third-order valence-electron chi connectivity index (χ3n) is 6.00. The third kappa shape index (κ3) is 2.60. The molecule has 2 unspecified atom stereocenters. The minimum absolute atomic E-state index is 0.295. The Bertz CT molecular complexity index is 258. The van der Waals surface area contributed by atoms with E-state index < -0.39 is 0 Å². The normalized spacial score (nSPS) is 42.2. The monoisotopic (exact) mass is 252 g/mol. The average Bonchev–Trinajstić information content (AvgIpc) is 2.40. The smallest absolute Gasteiger partial charge is 0.0357 e. The quantitative estimate of drug-likeness (QED) is 0.834. The summed E-state index contributed by atoms with van der Waals surface area (Å²) in [6, 6.07) is 0.783. The summed E-state index contributed by atoms with van der Waals surface area (Å²) in [4.78, 5) is 2.70. The van der Waals surface area contributed by atoms with Crippen molar-refractivity contribution in [2.45, 2.75) is 76.8 Å². The molecule has 0 radical (unpaired) electrons. The van der Waals surface area contributed by atoms with Gasteiger partial charge in [-0.15, -0.1) is 0 Å². The van der Waals surface area contributed by atoms with Gasteiger partial charge in [-0.3, -0.25) is 4.90 Å². The molecule has 0 saturated heterocycles. The molecule has 2 saturated carbocycles. The lowest BCUT2D eigenvalue weighted by molar-refractivity contribution is -0.0121. The maximum atomic E-state index is 6.22. The van der Waals surface area contributed by atoms with Gasteiger partial charge in [-0.2, -0.15) is 0 Å². The van der Waals surface area contributed by atoms with E-state index in [1.54, 1.807) is 0 Å². The van der Waals surface area contributed by atoms with E-state index in [1.807, 2.05) is 0 Å². The van der Waals surface area contributed by atoms with Crippen molar-refractivity contribution < 1.29 is 0 Å². The number of likely N-dealkylation sites (N-methyl/N-ethyl adjacent to an activating group) is 1. The molecule has 0 amide bonds. The Labute approximate surface area is 113 Å². The van der Waals surface area contributed by atoms with Crippen LogP contribution in [-0.4, -0.2) is 30.1 Å². The second-order valence-electron chi connectivity index (χ2n) is 6.98. The van der Waals surface area contributed by atoms with Crippen LogP contribution in [0.3, 0.4) is 0 Å². The van der Waals surface area contributed by atoms with Gasteiger partial charge in [0.15, 0.2) is 0 Å². The van der Waals surface area contributed by atoms with Crippen molar-refractivity contribution in [3.8, 4) is 0 Å². The first kappa shape index (κ1) is 14.3. The number of nitrogens with zero attached hydrogens (tertiary/aromatic N) is 1. The van der Waals surface area contributed by atoms with Crippen molar-refractivity contribution in [2.24, 2.45) is 17.6 Å². The van der Waals surface area contributed by atoms with Crippen molar-refractivity contribution in [3.05, 3.63) is 0 Å². The number of hydrogen-bond acceptors (Lipinski definition) is 2. The highest BCUT2D eigenvalue weighted by molar-refractivity contribution is 4.99. The lowest BCUT2D eigenvalue weighted by Crippen LogP contribution is -2.61. The molecule has 0 aromatic rings. The van der Waals surface area contributed by atoms with Gasteiger partial charge >= 0.3 is 0 Å². The first-order chi connectivity index (χ1) is 8.60. The largest absolute Gasteiger partial charge is 0.329 e. The van der Waals surface area contributed by atoms with Gasteiger partial charge in [0, 0.05) is 18.1 Å². The first-order valence-corrected chi connectivity index (χ1v) is 8.03. The Balaban J connectivity index is 2.06. The molecule has 0 heterocycles. The second kappa shape index (κ2) is 5.92. The SMILES string of the molecule is CC1CCC(N(C)C2(CN)CCCCC2C)CC1. The van der Waals surface area contributed by atoms with E-state index in [4.69, 9.17) is 5.73 Å². The Morgan fingerprint density at radius 1 is 1.06 bits per heavy atom. The topological polar surface area (TPSA) is 29.3 Å². The van der Waals surface area contributed by atoms with E-state index in [0.717, 1.165) is 24.4 Å². The zero-order chi connectivity index (χ0) is 13.2. The van der Waals surface area contributed by atoms with Gasteiger partial charge in [-0.05, 0) is 57.4 Å². The van der Waals surface area contributed by atoms with Crippen LogP contribution in [0.2, 0.25) is 0 Å². The lowest BCUT2D eigenvalue weighted by Gasteiger charge is -2.52. The molecular formula is C16H32N2. The summed E-state index contributed by atoms with van der Waals surface area (Å²) < 4.78 is 0. The third-order valence-corrected chi connectivity index (χ3v) is 6.00. The Morgan fingerprint density at radius 3 is 2.28 bits per heavy atom. The van der Waals surface area contributed by atoms with Gasteiger partial charge in [0.25, 0.3) is 0 Å². The molecule has 2 fully saturated rings. The van der Waals surface area contributed by atoms with Gasteiger partial charge < -0.3 is 5.73 Å². The van der Waals surface area contributed by atoms with E-state index in [0.29, 0.717) is 5.54 Å². The second-order valence-corrected chi connectivity index (χ2v) is 6.98. The van der Waals surface area contributed by atoms with Crippen LogP contribution in [-0.2, 0) is 0 Å². The van der Waals surface area contributed by atoms with Crippen molar-refractivity contribution in [1.29, 1.82) is 0 Å². The fraction of sp³-hybridized carbons (Fsp3) is 1.00. The highest BCUT2D eigenvalue weighted by Crippen LogP contribution is 2.40. The number of nitrogens with two attached hydrogens (primary N) is 1. The summed E-state index contributed by atoms with van der Waals surface area (Å²) in [5.41, 5.74) is 6.52. The summed E-state index contributed by atoms with van der Waals surface area (Å²) in [7, 11) is 2.36. The van der Waals surface area contributed by atoms with Crippen LogP contribution in [0.4, 0.5) is 0 Å². The zero-order valence-electron chi connectivity index (χ0n) is 12.6. The predicted molar refractivity (Wildman–Crippen MR) is 78.6 cm³/mol. The van der Waals surface area contributed by atoms with E-state index in [1.165, 1.54) is 51.4 Å². The molecule has 0 spiro atoms. The van der Waals surface area contributed by atoms with Crippen LogP contribution >= 0.6 is 0 Å². The maximum Gasteiger partial charge on any atom is 0.0357 e. The molecule has 0 aromatic heterocycles. The van der Waals surface area contributed by atoms with E-state index in [-0.39, 0.29) is 0 Å². The van der Waals surface area contributed by atoms with Gasteiger partial charge in [-0.1, -0.05) is 26.7 Å². The van der Waals surface area contributed by atoms with Gasteiger partial charge in [-0.25, -0.2) is 0 Å². The number of hydrogen-bond donors (Lipinski definition) is 1. The van der Waals surface area contributed by atoms with Crippen LogP contribution in [0.1, 0.15) is 65.2 Å². The molecule has 2 heteroatoms. The first-order valence-electron chi connectivity index (χ1n) is 8.03. The molecule has 106 valence electrons. The van der Waals surface area contributed by atoms with Crippen LogP contribution in [0.25, 0.3) is 0 Å². The van der Waals surface area contributed by atoms with Crippen LogP contribution in [0.5, 0.6) is 0 Å². The van der Waals surface area contributed by atoms with Crippen molar-refractivity contribution in [2.75, 3.05) is 13.6 Å². The van der Waals surface area contributed by atoms with Crippen LogP contribution in [0, 0.1) is 11.8 Å². The molecule has 2 rings (SSSR count). The molecule has 0 bridgehead atoms. The van der Waals surface area contributed by atoms with Crippen LogP contribution in [0.15, 0.2) is 0 Å². The van der Waals surface area contributed by atoms with E-state index in [9.17, 15) is 0 Å². The van der Waals surface area contributed by atoms with Gasteiger partial charge in [0.2, 0.25) is 0 Å². The van der Waals surface area contributed by atoms with E-state index >= 15 is 0 Å². The molecule has 2 aliphatic carbocycles. The van der Waals surface area contributed by atoms with Gasteiger partial charge in [0.05, 0.1) is 0 Å². The fourth-order valence-corrected chi connectivity index (χ4v) is 4.36. The predicted octanol–water partition coefficient (Wildman–Crippen LogP) is 3.40. The summed E-state index contributed by atoms with van der Waals surface area (Å²) in [6.07, 6.45) is 11.0. The molecule has 0 aliphatic heterocycles. The van der Waals surface area contributed by atoms with Crippen LogP contribution < -0.4 is 5.73 Å². The lowest BCUT2D eigenvalue weighted by atomic mass is 9.71. The summed E-state index contributed by atoms with van der Waals surface area (Å²) in [6.45, 7) is 5.67. The number of rotatable bonds is 3. The van der Waals surface area contributed by atoms with E-state index in [2.05, 4.69) is 25.8 Å². The highest BCUT2D eigenvalue weighted by atomic mass is 15.2. The zero-order valence-corrected chi connectivity index (χ0v) is 12.6. The minimum atomic E-state index is 0.295. The Hall–Kier alpha value is -0.0800. The Morgan fingerprint density at radius 2 is 1.72 bits per heavy atom. The molecular weight excluding hydrogens is 220 g/mol. The Kier molecular flexibility index (Phi) is 4.71. The molecule has 2 atom stereocenters.